The molecule has 2 N–H and O–H groups in total. The van der Waals surface area contributed by atoms with Crippen molar-refractivity contribution in [1.29, 1.82) is 0 Å². The van der Waals surface area contributed by atoms with E-state index in [0.29, 0.717) is 6.92 Å². The minimum Gasteiger partial charge on any atom is -0.428 e. The maximum atomic E-state index is 12.7. The minimum atomic E-state index is -5.41. The molecule has 1 amide bonds. The molecule has 0 saturated carbocycles. The van der Waals surface area contributed by atoms with Gasteiger partial charge in [-0.2, -0.15) is 26.3 Å². The normalized spacial score (nSPS) is 22.9. The highest BCUT2D eigenvalue weighted by atomic mass is 19.4. The number of halogens is 6. The summed E-state index contributed by atoms with van der Waals surface area (Å²) in [5.41, 5.74) is 2.31. The molecule has 0 bridgehead atoms. The Kier molecular flexibility index (Phi) is 4.47. The summed E-state index contributed by atoms with van der Waals surface area (Å²) in [6.45, 7) is 0.268. The molecule has 11 heteroatoms. The maximum absolute atomic E-state index is 12.7. The van der Waals surface area contributed by atoms with E-state index in [1.54, 1.807) is 0 Å². The molecule has 0 aliphatic carbocycles. The van der Waals surface area contributed by atoms with Gasteiger partial charge < -0.3 is 9.64 Å². The van der Waals surface area contributed by atoms with Gasteiger partial charge in [0.1, 0.15) is 6.04 Å². The summed E-state index contributed by atoms with van der Waals surface area (Å²) >= 11 is 0. The smallest absolute Gasteiger partial charge is 0.428 e. The zero-order valence-corrected chi connectivity index (χ0v) is 10.7. The summed E-state index contributed by atoms with van der Waals surface area (Å²) in [6.07, 6.45) is -10.5. The van der Waals surface area contributed by atoms with Crippen LogP contribution in [0.5, 0.6) is 0 Å². The number of ether oxygens (including phenoxy) is 1. The highest BCUT2D eigenvalue weighted by molar-refractivity contribution is 5.88. The maximum Gasteiger partial charge on any atom is 0.491 e. The lowest BCUT2D eigenvalue weighted by Crippen LogP contribution is -2.59. The lowest BCUT2D eigenvalue weighted by Gasteiger charge is -2.33. The molecule has 0 aromatic rings. The first kappa shape index (κ1) is 17.5. The van der Waals surface area contributed by atoms with Gasteiger partial charge >= 0.3 is 18.3 Å². The lowest BCUT2D eigenvalue weighted by molar-refractivity contribution is -0.218. The van der Waals surface area contributed by atoms with Crippen molar-refractivity contribution in [3.8, 4) is 0 Å². The van der Waals surface area contributed by atoms with Gasteiger partial charge in [0, 0.05) is 6.54 Å². The molecule has 1 aliphatic heterocycles. The molecule has 122 valence electrons. The lowest BCUT2D eigenvalue weighted by atomic mass is 10.2. The largest absolute Gasteiger partial charge is 0.491 e. The fourth-order valence-electron chi connectivity index (χ4n) is 1.93. The first-order valence-electron chi connectivity index (χ1n) is 5.73. The summed E-state index contributed by atoms with van der Waals surface area (Å²) in [6, 6.07) is -2.16. The molecule has 21 heavy (non-hydrogen) atoms. The number of esters is 1. The molecule has 0 spiro atoms. The topological polar surface area (TPSA) is 72.6 Å². The third-order valence-electron chi connectivity index (χ3n) is 2.85. The van der Waals surface area contributed by atoms with Crippen LogP contribution in [0.25, 0.3) is 0 Å². The second kappa shape index (κ2) is 5.35. The molecule has 1 rings (SSSR count). The summed E-state index contributed by atoms with van der Waals surface area (Å²) in [4.78, 5) is 22.8. The Hall–Kier alpha value is -1.52. The van der Waals surface area contributed by atoms with Crippen LogP contribution in [0.2, 0.25) is 0 Å². The Morgan fingerprint density at radius 3 is 2.14 bits per heavy atom. The predicted octanol–water partition coefficient (Wildman–Crippen LogP) is 1.32. The number of nitrogens with two attached hydrogens (primary N) is 1. The Morgan fingerprint density at radius 2 is 1.71 bits per heavy atom. The Bertz CT molecular complexity index is 431. The molecular weight excluding hydrogens is 310 g/mol. The molecule has 0 aromatic heterocycles. The third kappa shape index (κ3) is 3.99. The van der Waals surface area contributed by atoms with Crippen molar-refractivity contribution in [3.63, 3.8) is 0 Å². The summed E-state index contributed by atoms with van der Waals surface area (Å²) in [5, 5.41) is 0. The third-order valence-corrected chi connectivity index (χ3v) is 2.85. The molecule has 0 radical (unpaired) electrons. The van der Waals surface area contributed by atoms with Crippen LogP contribution >= 0.6 is 0 Å². The highest BCUT2D eigenvalue weighted by Gasteiger charge is 2.53. The van der Waals surface area contributed by atoms with E-state index in [2.05, 4.69) is 4.74 Å². The average molecular weight is 322 g/mol. The molecule has 2 atom stereocenters. The van der Waals surface area contributed by atoms with E-state index in [1.165, 1.54) is 0 Å². The van der Waals surface area contributed by atoms with Crippen molar-refractivity contribution in [2.75, 3.05) is 6.54 Å². The number of hydrogen-bond acceptors (Lipinski definition) is 4. The number of carbonyl (C=O) groups is 2. The van der Waals surface area contributed by atoms with Gasteiger partial charge in [0.15, 0.2) is 0 Å². The molecular formula is C10H12F6N2O3. The van der Waals surface area contributed by atoms with E-state index in [4.69, 9.17) is 5.73 Å². The van der Waals surface area contributed by atoms with Crippen molar-refractivity contribution in [3.05, 3.63) is 0 Å². The number of likely N-dealkylation sites (tertiary alicyclic amines) is 1. The van der Waals surface area contributed by atoms with E-state index in [1.807, 2.05) is 0 Å². The van der Waals surface area contributed by atoms with Crippen LogP contribution in [0.4, 0.5) is 26.3 Å². The standard InChI is InChI=1S/C10H12F6N2O3/c1-8(17,21-7(20)10(14,15)16)6(19)18-4-2-3-5(18)9(11,12)13/h5H,2-4,17H2,1H3/t5-,8-/m1/s1. The van der Waals surface area contributed by atoms with E-state index in [9.17, 15) is 35.9 Å². The summed E-state index contributed by atoms with van der Waals surface area (Å²) in [5.74, 6) is -4.27. The van der Waals surface area contributed by atoms with E-state index < -0.39 is 42.4 Å². The number of hydrogen-bond donors (Lipinski definition) is 1. The molecule has 0 unspecified atom stereocenters. The van der Waals surface area contributed by atoms with E-state index >= 15 is 0 Å². The second-order valence-electron chi connectivity index (χ2n) is 4.69. The monoisotopic (exact) mass is 322 g/mol. The number of rotatable bonds is 2. The van der Waals surface area contributed by atoms with E-state index in [0.717, 1.165) is 0 Å². The zero-order valence-electron chi connectivity index (χ0n) is 10.7. The van der Waals surface area contributed by atoms with Gasteiger partial charge in [-0.05, 0) is 19.8 Å². The fourth-order valence-corrected chi connectivity index (χ4v) is 1.93. The number of amides is 1. The van der Waals surface area contributed by atoms with E-state index in [-0.39, 0.29) is 17.9 Å². The van der Waals surface area contributed by atoms with Crippen LogP contribution in [0.1, 0.15) is 19.8 Å². The quantitative estimate of drug-likeness (QED) is 0.473. The fraction of sp³-hybridized carbons (Fsp3) is 0.800. The average Bonchev–Trinajstić information content (AvgIpc) is 2.74. The Morgan fingerprint density at radius 1 is 1.19 bits per heavy atom. The summed E-state index contributed by atoms with van der Waals surface area (Å²) < 4.78 is 78.0. The molecule has 1 heterocycles. The number of nitrogens with zero attached hydrogens (tertiary/aromatic N) is 1. The van der Waals surface area contributed by atoms with Gasteiger partial charge in [-0.25, -0.2) is 4.79 Å². The van der Waals surface area contributed by atoms with Crippen LogP contribution in [0.3, 0.4) is 0 Å². The van der Waals surface area contributed by atoms with Crippen molar-refractivity contribution < 1.29 is 40.7 Å². The Balaban J connectivity index is 2.88. The van der Waals surface area contributed by atoms with Crippen LogP contribution in [0, 0.1) is 0 Å². The van der Waals surface area contributed by atoms with Crippen LogP contribution in [-0.2, 0) is 14.3 Å². The minimum absolute atomic E-state index is 0.0131. The number of alkyl halides is 6. The Labute approximate surface area is 115 Å². The van der Waals surface area contributed by atoms with Crippen LogP contribution in [0.15, 0.2) is 0 Å². The molecule has 0 aromatic carbocycles. The SMILES string of the molecule is C[C@@](N)(OC(=O)C(F)(F)F)C(=O)N1CCC[C@@H]1C(F)(F)F. The van der Waals surface area contributed by atoms with Crippen molar-refractivity contribution in [1.82, 2.24) is 4.90 Å². The zero-order chi connectivity index (χ0) is 16.6. The summed E-state index contributed by atoms with van der Waals surface area (Å²) in [7, 11) is 0. The molecule has 5 nitrogen and oxygen atoms in total. The van der Waals surface area contributed by atoms with Gasteiger partial charge in [0.2, 0.25) is 5.72 Å². The van der Waals surface area contributed by atoms with Crippen molar-refractivity contribution in [2.24, 2.45) is 5.73 Å². The van der Waals surface area contributed by atoms with Gasteiger partial charge in [-0.1, -0.05) is 0 Å². The molecule has 1 fully saturated rings. The van der Waals surface area contributed by atoms with Gasteiger partial charge in [-0.15, -0.1) is 0 Å². The second-order valence-corrected chi connectivity index (χ2v) is 4.69. The predicted molar refractivity (Wildman–Crippen MR) is 55.5 cm³/mol. The first-order chi connectivity index (χ1) is 9.27. The van der Waals surface area contributed by atoms with Crippen molar-refractivity contribution >= 4 is 11.9 Å². The van der Waals surface area contributed by atoms with Gasteiger partial charge in [-0.3, -0.25) is 10.5 Å². The van der Waals surface area contributed by atoms with Gasteiger partial charge in [0.25, 0.3) is 5.91 Å². The van der Waals surface area contributed by atoms with Crippen LogP contribution in [-0.4, -0.2) is 47.4 Å². The van der Waals surface area contributed by atoms with Crippen molar-refractivity contribution in [2.45, 2.75) is 43.9 Å². The molecule has 1 saturated heterocycles. The van der Waals surface area contributed by atoms with Gasteiger partial charge in [0.05, 0.1) is 0 Å². The highest BCUT2D eigenvalue weighted by Crippen LogP contribution is 2.34. The molecule has 1 aliphatic rings. The number of carbonyl (C=O) groups excluding carboxylic acids is 2. The first-order valence-corrected chi connectivity index (χ1v) is 5.73. The van der Waals surface area contributed by atoms with Crippen LogP contribution < -0.4 is 5.73 Å².